The van der Waals surface area contributed by atoms with Crippen molar-refractivity contribution in [1.29, 1.82) is 5.26 Å². The molecule has 0 saturated heterocycles. The fourth-order valence-electron chi connectivity index (χ4n) is 2.13. The molecule has 0 aliphatic heterocycles. The van der Waals surface area contributed by atoms with E-state index in [4.69, 9.17) is 5.26 Å². The molecule has 120 valence electrons. The summed E-state index contributed by atoms with van der Waals surface area (Å²) in [6.07, 6.45) is -2.17. The summed E-state index contributed by atoms with van der Waals surface area (Å²) >= 11 is 0. The maximum absolute atomic E-state index is 14.4. The molecule has 0 saturated carbocycles. The predicted octanol–water partition coefficient (Wildman–Crippen LogP) is 3.43. The Morgan fingerprint density at radius 3 is 2.38 bits per heavy atom. The highest BCUT2D eigenvalue weighted by Gasteiger charge is 2.47. The lowest BCUT2D eigenvalue weighted by atomic mass is 10.0. The molecule has 0 bridgehead atoms. The zero-order valence-corrected chi connectivity index (χ0v) is 12.2. The summed E-state index contributed by atoms with van der Waals surface area (Å²) in [6.45, 7) is 0. The van der Waals surface area contributed by atoms with Gasteiger partial charge in [-0.1, -0.05) is 47.6 Å². The highest BCUT2D eigenvalue weighted by atomic mass is 19.3. The molecule has 0 spiro atoms. The predicted molar refractivity (Wildman–Crippen MR) is 79.7 cm³/mol. The van der Waals surface area contributed by atoms with E-state index in [1.54, 1.807) is 30.3 Å². The third-order valence-corrected chi connectivity index (χ3v) is 3.44. The number of rotatable bonds is 4. The summed E-state index contributed by atoms with van der Waals surface area (Å²) in [5.74, 6) is -4.73. The van der Waals surface area contributed by atoms with Crippen LogP contribution in [0.5, 0.6) is 0 Å². The molecule has 24 heavy (non-hydrogen) atoms. The van der Waals surface area contributed by atoms with Crippen LogP contribution < -0.4 is 0 Å². The first kappa shape index (κ1) is 15.8. The first-order valence-corrected chi connectivity index (χ1v) is 6.98. The van der Waals surface area contributed by atoms with Crippen molar-refractivity contribution >= 4 is 0 Å². The number of nitrogens with zero attached hydrogens (tertiary/aromatic N) is 3. The largest absolute Gasteiger partial charge is 0.381 e. The third kappa shape index (κ3) is 2.87. The summed E-state index contributed by atoms with van der Waals surface area (Å²) in [7, 11) is 0. The number of halogens is 2. The van der Waals surface area contributed by atoms with Gasteiger partial charge in [0.1, 0.15) is 0 Å². The molecule has 1 aromatic heterocycles. The Hall–Kier alpha value is -3.11. The van der Waals surface area contributed by atoms with Gasteiger partial charge in [-0.3, -0.25) is 0 Å². The van der Waals surface area contributed by atoms with Crippen LogP contribution in [0.4, 0.5) is 8.78 Å². The van der Waals surface area contributed by atoms with Crippen LogP contribution in [0.15, 0.2) is 59.1 Å². The molecule has 3 aromatic rings. The number of aromatic nitrogens is 2. The maximum Gasteiger partial charge on any atom is 0.354 e. The van der Waals surface area contributed by atoms with Crippen LogP contribution in [0, 0.1) is 11.3 Å². The molecule has 0 radical (unpaired) electrons. The lowest BCUT2D eigenvalue weighted by Gasteiger charge is -2.19. The van der Waals surface area contributed by atoms with E-state index in [0.29, 0.717) is 11.1 Å². The summed E-state index contributed by atoms with van der Waals surface area (Å²) in [6, 6.07) is 15.6. The highest BCUT2D eigenvalue weighted by Crippen LogP contribution is 2.40. The summed E-state index contributed by atoms with van der Waals surface area (Å²) in [5.41, 5.74) is 0.771. The molecule has 1 unspecified atom stereocenters. The number of hydrogen-bond acceptors (Lipinski definition) is 5. The Morgan fingerprint density at radius 1 is 1.08 bits per heavy atom. The van der Waals surface area contributed by atoms with E-state index >= 15 is 0 Å². The minimum atomic E-state index is -3.77. The van der Waals surface area contributed by atoms with E-state index in [2.05, 4.69) is 14.7 Å². The van der Waals surface area contributed by atoms with Crippen molar-refractivity contribution in [2.45, 2.75) is 12.0 Å². The van der Waals surface area contributed by atoms with Gasteiger partial charge in [0.05, 0.1) is 11.6 Å². The average Bonchev–Trinajstić information content (AvgIpc) is 3.13. The zero-order chi connectivity index (χ0) is 17.2. The van der Waals surface area contributed by atoms with Crippen LogP contribution in [0.2, 0.25) is 0 Å². The van der Waals surface area contributed by atoms with Gasteiger partial charge in [0, 0.05) is 5.56 Å². The second-order valence-corrected chi connectivity index (χ2v) is 5.05. The molecule has 0 fully saturated rings. The van der Waals surface area contributed by atoms with Gasteiger partial charge in [-0.15, -0.1) is 0 Å². The van der Waals surface area contributed by atoms with Crippen LogP contribution in [-0.4, -0.2) is 15.2 Å². The minimum Gasteiger partial charge on any atom is -0.381 e. The molecule has 1 heterocycles. The van der Waals surface area contributed by atoms with Crippen molar-refractivity contribution in [2.75, 3.05) is 0 Å². The monoisotopic (exact) mass is 327 g/mol. The van der Waals surface area contributed by atoms with E-state index in [0.717, 1.165) is 0 Å². The molecular formula is C17H11F2N3O2. The van der Waals surface area contributed by atoms with E-state index in [1.807, 2.05) is 6.07 Å². The smallest absolute Gasteiger partial charge is 0.354 e. The highest BCUT2D eigenvalue weighted by molar-refractivity contribution is 5.53. The summed E-state index contributed by atoms with van der Waals surface area (Å²) in [4.78, 5) is 3.69. The van der Waals surface area contributed by atoms with Crippen molar-refractivity contribution in [3.63, 3.8) is 0 Å². The first-order valence-electron chi connectivity index (χ1n) is 6.98. The van der Waals surface area contributed by atoms with Crippen LogP contribution in [-0.2, 0) is 5.92 Å². The first-order chi connectivity index (χ1) is 11.5. The molecular weight excluding hydrogens is 316 g/mol. The lowest BCUT2D eigenvalue weighted by Crippen LogP contribution is -2.24. The van der Waals surface area contributed by atoms with Crippen LogP contribution in [0.3, 0.4) is 0 Å². The third-order valence-electron chi connectivity index (χ3n) is 3.44. The standard InChI is InChI=1S/C17H11F2N3O2/c18-17(19,14(23)12-8-6-11(10-20)7-9-12)16-21-15(22-24-16)13-4-2-1-3-5-13/h1-9,14,23H. The van der Waals surface area contributed by atoms with Crippen LogP contribution >= 0.6 is 0 Å². The molecule has 5 nitrogen and oxygen atoms in total. The van der Waals surface area contributed by atoms with Gasteiger partial charge >= 0.3 is 11.8 Å². The molecule has 3 rings (SSSR count). The molecule has 7 heteroatoms. The molecule has 0 amide bonds. The number of nitriles is 1. The van der Waals surface area contributed by atoms with Crippen molar-refractivity contribution < 1.29 is 18.4 Å². The molecule has 2 aromatic carbocycles. The molecule has 1 atom stereocenters. The Morgan fingerprint density at radius 2 is 1.75 bits per heavy atom. The van der Waals surface area contributed by atoms with E-state index in [9.17, 15) is 13.9 Å². The Bertz CT molecular complexity index is 871. The minimum absolute atomic E-state index is 0.0114. The Balaban J connectivity index is 1.89. The summed E-state index contributed by atoms with van der Waals surface area (Å²) < 4.78 is 33.5. The van der Waals surface area contributed by atoms with E-state index < -0.39 is 17.9 Å². The molecule has 1 N–H and O–H groups in total. The second kappa shape index (κ2) is 6.18. The van der Waals surface area contributed by atoms with Gasteiger partial charge in [-0.05, 0) is 17.7 Å². The normalized spacial score (nSPS) is 12.6. The second-order valence-electron chi connectivity index (χ2n) is 5.05. The van der Waals surface area contributed by atoms with Crippen LogP contribution in [0.25, 0.3) is 11.4 Å². The van der Waals surface area contributed by atoms with Crippen molar-refractivity contribution in [1.82, 2.24) is 10.1 Å². The number of hydrogen-bond donors (Lipinski definition) is 1. The number of alkyl halides is 2. The lowest BCUT2D eigenvalue weighted by molar-refractivity contribution is -0.136. The molecule has 0 aliphatic carbocycles. The zero-order valence-electron chi connectivity index (χ0n) is 12.2. The van der Waals surface area contributed by atoms with Gasteiger partial charge in [-0.2, -0.15) is 19.0 Å². The van der Waals surface area contributed by atoms with Gasteiger partial charge in [0.15, 0.2) is 6.10 Å². The quantitative estimate of drug-likeness (QED) is 0.794. The Labute approximate surface area is 135 Å². The van der Waals surface area contributed by atoms with Crippen molar-refractivity contribution in [2.24, 2.45) is 0 Å². The number of benzene rings is 2. The van der Waals surface area contributed by atoms with Crippen molar-refractivity contribution in [3.8, 4) is 17.5 Å². The van der Waals surface area contributed by atoms with Gasteiger partial charge in [-0.25, -0.2) is 0 Å². The van der Waals surface area contributed by atoms with E-state index in [-0.39, 0.29) is 11.4 Å². The van der Waals surface area contributed by atoms with Gasteiger partial charge < -0.3 is 9.63 Å². The molecule has 0 aliphatic rings. The number of aliphatic hydroxyl groups is 1. The topological polar surface area (TPSA) is 82.9 Å². The fraction of sp³-hybridized carbons (Fsp3) is 0.118. The van der Waals surface area contributed by atoms with Crippen molar-refractivity contribution in [3.05, 3.63) is 71.6 Å². The fourth-order valence-corrected chi connectivity index (χ4v) is 2.13. The number of aliphatic hydroxyl groups excluding tert-OH is 1. The van der Waals surface area contributed by atoms with Gasteiger partial charge in [0.25, 0.3) is 0 Å². The van der Waals surface area contributed by atoms with Gasteiger partial charge in [0.2, 0.25) is 5.82 Å². The van der Waals surface area contributed by atoms with E-state index in [1.165, 1.54) is 24.3 Å². The maximum atomic E-state index is 14.4. The van der Waals surface area contributed by atoms with Crippen LogP contribution in [0.1, 0.15) is 23.1 Å². The SMILES string of the molecule is N#Cc1ccc(C(O)C(F)(F)c2nc(-c3ccccc3)no2)cc1. The Kier molecular flexibility index (Phi) is 4.06. The average molecular weight is 327 g/mol. The summed E-state index contributed by atoms with van der Waals surface area (Å²) in [5, 5.41) is 22.2.